The monoisotopic (exact) mass is 387 g/mol. The van der Waals surface area contributed by atoms with Gasteiger partial charge in [0.15, 0.2) is 0 Å². The standard InChI is InChI=1S/C18H14BrNO2S/c1-12-16(23-17(20-12)13-7-3-2-4-8-13)18(21)22-11-14-9-5-6-10-15(14)19/h2-10H,11H2,1H3. The van der Waals surface area contributed by atoms with E-state index in [-0.39, 0.29) is 12.6 Å². The number of benzene rings is 2. The van der Waals surface area contributed by atoms with Crippen molar-refractivity contribution < 1.29 is 9.53 Å². The van der Waals surface area contributed by atoms with E-state index in [9.17, 15) is 4.79 Å². The third-order valence-corrected chi connectivity index (χ3v) is 5.28. The second-order valence-electron chi connectivity index (χ2n) is 4.97. The molecule has 0 N–H and O–H groups in total. The number of ether oxygens (including phenoxy) is 1. The maximum Gasteiger partial charge on any atom is 0.350 e. The lowest BCUT2D eigenvalue weighted by Crippen LogP contribution is -2.05. The number of rotatable bonds is 4. The molecule has 1 aromatic heterocycles. The van der Waals surface area contributed by atoms with E-state index in [1.165, 1.54) is 11.3 Å². The molecule has 0 aliphatic heterocycles. The Morgan fingerprint density at radius 2 is 1.83 bits per heavy atom. The predicted octanol–water partition coefficient (Wildman–Crippen LogP) is 5.24. The zero-order chi connectivity index (χ0) is 16.2. The quantitative estimate of drug-likeness (QED) is 0.574. The van der Waals surface area contributed by atoms with Crippen LogP contribution in [0.5, 0.6) is 0 Å². The van der Waals surface area contributed by atoms with Gasteiger partial charge in [0.1, 0.15) is 16.5 Å². The molecule has 23 heavy (non-hydrogen) atoms. The summed E-state index contributed by atoms with van der Waals surface area (Å²) in [6.07, 6.45) is 0. The van der Waals surface area contributed by atoms with Gasteiger partial charge in [0.25, 0.3) is 0 Å². The minimum absolute atomic E-state index is 0.234. The predicted molar refractivity (Wildman–Crippen MR) is 95.5 cm³/mol. The second kappa shape index (κ2) is 7.06. The first-order valence-corrected chi connectivity index (χ1v) is 8.69. The number of aryl methyl sites for hydroxylation is 1. The van der Waals surface area contributed by atoms with E-state index in [0.717, 1.165) is 20.6 Å². The van der Waals surface area contributed by atoms with Gasteiger partial charge in [-0.15, -0.1) is 11.3 Å². The maximum atomic E-state index is 12.3. The summed E-state index contributed by atoms with van der Waals surface area (Å²) in [6, 6.07) is 17.5. The van der Waals surface area contributed by atoms with E-state index < -0.39 is 0 Å². The Balaban J connectivity index is 1.75. The molecule has 0 saturated carbocycles. The van der Waals surface area contributed by atoms with Crippen molar-refractivity contribution in [1.82, 2.24) is 4.98 Å². The highest BCUT2D eigenvalue weighted by Crippen LogP contribution is 2.28. The maximum absolute atomic E-state index is 12.3. The minimum Gasteiger partial charge on any atom is -0.457 e. The van der Waals surface area contributed by atoms with E-state index in [4.69, 9.17) is 4.74 Å². The molecule has 3 rings (SSSR count). The lowest BCUT2D eigenvalue weighted by atomic mass is 10.2. The van der Waals surface area contributed by atoms with Crippen LogP contribution < -0.4 is 0 Å². The van der Waals surface area contributed by atoms with E-state index >= 15 is 0 Å². The number of esters is 1. The lowest BCUT2D eigenvalue weighted by molar-refractivity contribution is 0.0476. The van der Waals surface area contributed by atoms with Crippen LogP contribution in [0.4, 0.5) is 0 Å². The molecule has 0 spiro atoms. The Labute approximate surface area is 147 Å². The first-order chi connectivity index (χ1) is 11.1. The van der Waals surface area contributed by atoms with Crippen molar-refractivity contribution >= 4 is 33.2 Å². The third-order valence-electron chi connectivity index (χ3n) is 3.32. The van der Waals surface area contributed by atoms with Gasteiger partial charge in [-0.1, -0.05) is 64.5 Å². The molecule has 3 aromatic rings. The fourth-order valence-corrected chi connectivity index (χ4v) is 3.48. The number of nitrogens with zero attached hydrogens (tertiary/aromatic N) is 1. The number of halogens is 1. The molecular formula is C18H14BrNO2S. The Morgan fingerprint density at radius 3 is 2.57 bits per heavy atom. The molecule has 0 atom stereocenters. The molecule has 0 unspecified atom stereocenters. The smallest absolute Gasteiger partial charge is 0.350 e. The molecule has 0 amide bonds. The van der Waals surface area contributed by atoms with Crippen molar-refractivity contribution in [2.24, 2.45) is 0 Å². The Hall–Kier alpha value is -1.98. The normalized spacial score (nSPS) is 10.5. The van der Waals surface area contributed by atoms with Gasteiger partial charge in [-0.25, -0.2) is 9.78 Å². The van der Waals surface area contributed by atoms with Crippen molar-refractivity contribution in [3.63, 3.8) is 0 Å². The van der Waals surface area contributed by atoms with Crippen LogP contribution in [0.25, 0.3) is 10.6 Å². The van der Waals surface area contributed by atoms with Crippen LogP contribution in [0.1, 0.15) is 20.9 Å². The van der Waals surface area contributed by atoms with Crippen LogP contribution in [0, 0.1) is 6.92 Å². The first kappa shape index (κ1) is 15.9. The molecule has 0 bridgehead atoms. The number of aromatic nitrogens is 1. The van der Waals surface area contributed by atoms with Crippen molar-refractivity contribution in [2.75, 3.05) is 0 Å². The lowest BCUT2D eigenvalue weighted by Gasteiger charge is -2.05. The van der Waals surface area contributed by atoms with E-state index in [1.807, 2.05) is 61.5 Å². The SMILES string of the molecule is Cc1nc(-c2ccccc2)sc1C(=O)OCc1ccccc1Br. The Kier molecular flexibility index (Phi) is 4.88. The molecule has 0 saturated heterocycles. The highest BCUT2D eigenvalue weighted by atomic mass is 79.9. The van der Waals surface area contributed by atoms with Crippen LogP contribution >= 0.6 is 27.3 Å². The first-order valence-electron chi connectivity index (χ1n) is 7.08. The molecule has 3 nitrogen and oxygen atoms in total. The number of carbonyl (C=O) groups is 1. The summed E-state index contributed by atoms with van der Waals surface area (Å²) in [5.41, 5.74) is 2.64. The van der Waals surface area contributed by atoms with Crippen molar-refractivity contribution in [3.8, 4) is 10.6 Å². The number of hydrogen-bond donors (Lipinski definition) is 0. The van der Waals surface area contributed by atoms with Crippen molar-refractivity contribution in [3.05, 3.63) is 75.2 Å². The van der Waals surface area contributed by atoms with Gasteiger partial charge in [-0.3, -0.25) is 0 Å². The zero-order valence-electron chi connectivity index (χ0n) is 12.5. The molecule has 1 heterocycles. The molecule has 0 radical (unpaired) electrons. The summed E-state index contributed by atoms with van der Waals surface area (Å²) in [5, 5.41) is 0.830. The van der Waals surface area contributed by atoms with E-state index in [0.29, 0.717) is 10.6 Å². The van der Waals surface area contributed by atoms with Crippen molar-refractivity contribution in [1.29, 1.82) is 0 Å². The van der Waals surface area contributed by atoms with E-state index in [1.54, 1.807) is 0 Å². The molecule has 0 aliphatic rings. The minimum atomic E-state index is -0.335. The summed E-state index contributed by atoms with van der Waals surface area (Å²) >= 11 is 4.81. The topological polar surface area (TPSA) is 39.2 Å². The Morgan fingerprint density at radius 1 is 1.13 bits per heavy atom. The molecule has 0 aliphatic carbocycles. The summed E-state index contributed by atoms with van der Waals surface area (Å²) in [6.45, 7) is 2.07. The van der Waals surface area contributed by atoms with Gasteiger partial charge in [0.05, 0.1) is 5.69 Å². The largest absolute Gasteiger partial charge is 0.457 e. The van der Waals surface area contributed by atoms with Crippen LogP contribution in [0.2, 0.25) is 0 Å². The molecule has 0 fully saturated rings. The van der Waals surface area contributed by atoms with Crippen LogP contribution in [0.3, 0.4) is 0 Å². The summed E-state index contributed by atoms with van der Waals surface area (Å²) in [5.74, 6) is -0.335. The molecule has 116 valence electrons. The zero-order valence-corrected chi connectivity index (χ0v) is 14.9. The Bertz CT molecular complexity index is 830. The highest BCUT2D eigenvalue weighted by molar-refractivity contribution is 9.10. The van der Waals surface area contributed by atoms with E-state index in [2.05, 4.69) is 20.9 Å². The van der Waals surface area contributed by atoms with Crippen LogP contribution in [0.15, 0.2) is 59.1 Å². The van der Waals surface area contributed by atoms with Crippen molar-refractivity contribution in [2.45, 2.75) is 13.5 Å². The molecule has 5 heteroatoms. The summed E-state index contributed by atoms with van der Waals surface area (Å²) in [7, 11) is 0. The average molecular weight is 388 g/mol. The summed E-state index contributed by atoms with van der Waals surface area (Å²) in [4.78, 5) is 17.4. The van der Waals surface area contributed by atoms with Gasteiger partial charge >= 0.3 is 5.97 Å². The van der Waals surface area contributed by atoms with Gasteiger partial charge < -0.3 is 4.74 Å². The second-order valence-corrected chi connectivity index (χ2v) is 6.82. The highest BCUT2D eigenvalue weighted by Gasteiger charge is 2.17. The molecular weight excluding hydrogens is 374 g/mol. The molecule has 2 aromatic carbocycles. The fraction of sp³-hybridized carbons (Fsp3) is 0.111. The van der Waals surface area contributed by atoms with Gasteiger partial charge in [-0.05, 0) is 13.0 Å². The number of hydrogen-bond acceptors (Lipinski definition) is 4. The van der Waals surface area contributed by atoms with Crippen LogP contribution in [-0.4, -0.2) is 11.0 Å². The van der Waals surface area contributed by atoms with Gasteiger partial charge in [0.2, 0.25) is 0 Å². The van der Waals surface area contributed by atoms with Gasteiger partial charge in [0, 0.05) is 15.6 Å². The number of thiazole rings is 1. The fourth-order valence-electron chi connectivity index (χ4n) is 2.11. The third kappa shape index (κ3) is 3.68. The summed E-state index contributed by atoms with van der Waals surface area (Å²) < 4.78 is 6.36. The van der Waals surface area contributed by atoms with Gasteiger partial charge in [-0.2, -0.15) is 0 Å². The number of carbonyl (C=O) groups excluding carboxylic acids is 1. The van der Waals surface area contributed by atoms with Crippen LogP contribution in [-0.2, 0) is 11.3 Å². The average Bonchev–Trinajstić information content (AvgIpc) is 2.97.